The van der Waals surface area contributed by atoms with Crippen LogP contribution in [-0.2, 0) is 6.42 Å². The van der Waals surface area contributed by atoms with E-state index in [1.54, 1.807) is 17.0 Å². The van der Waals surface area contributed by atoms with Gasteiger partial charge in [0.1, 0.15) is 0 Å². The summed E-state index contributed by atoms with van der Waals surface area (Å²) in [4.78, 5) is 26.3. The zero-order valence-corrected chi connectivity index (χ0v) is 13.0. The van der Waals surface area contributed by atoms with Crippen LogP contribution in [0.4, 0.5) is 0 Å². The summed E-state index contributed by atoms with van der Waals surface area (Å²) in [6.45, 7) is 1.47. The number of amides is 2. The monoisotopic (exact) mass is 317 g/mol. The quantitative estimate of drug-likeness (QED) is 0.811. The molecular weight excluding hydrogens is 298 g/mol. The number of nitrogens with zero attached hydrogens (tertiary/aromatic N) is 1. The predicted molar refractivity (Wildman–Crippen MR) is 87.9 cm³/mol. The van der Waals surface area contributed by atoms with Crippen molar-refractivity contribution in [3.8, 4) is 0 Å². The Balaban J connectivity index is 2.05. The van der Waals surface area contributed by atoms with Gasteiger partial charge in [-0.3, -0.25) is 9.59 Å². The fraction of sp³-hybridized carbons (Fsp3) is 0.250. The molecule has 0 radical (unpaired) electrons. The maximum Gasteiger partial charge on any atom is 0.263 e. The number of primary amides is 1. The van der Waals surface area contributed by atoms with Gasteiger partial charge < -0.3 is 16.4 Å². The van der Waals surface area contributed by atoms with Gasteiger partial charge in [0.25, 0.3) is 11.8 Å². The van der Waals surface area contributed by atoms with E-state index < -0.39 is 5.91 Å². The summed E-state index contributed by atoms with van der Waals surface area (Å²) >= 11 is 1.12. The first-order valence-electron chi connectivity index (χ1n) is 7.04. The van der Waals surface area contributed by atoms with Gasteiger partial charge >= 0.3 is 0 Å². The molecule has 4 N–H and O–H groups in total. The Morgan fingerprint density at radius 3 is 2.27 bits per heavy atom. The molecule has 0 spiro atoms. The van der Waals surface area contributed by atoms with Crippen molar-refractivity contribution in [1.82, 2.24) is 4.90 Å². The predicted octanol–water partition coefficient (Wildman–Crippen LogP) is 1.49. The molecule has 0 bridgehead atoms. The zero-order valence-electron chi connectivity index (χ0n) is 12.2. The summed E-state index contributed by atoms with van der Waals surface area (Å²) in [7, 11) is 0. The minimum absolute atomic E-state index is 0.112. The third-order valence-electron chi connectivity index (χ3n) is 3.26. The van der Waals surface area contributed by atoms with Crippen LogP contribution in [0.15, 0.2) is 42.5 Å². The number of carbonyl (C=O) groups is 2. The van der Waals surface area contributed by atoms with Crippen LogP contribution in [0.2, 0.25) is 0 Å². The van der Waals surface area contributed by atoms with Crippen LogP contribution in [0.1, 0.15) is 24.9 Å². The summed E-state index contributed by atoms with van der Waals surface area (Å²) in [5, 5.41) is 0. The maximum atomic E-state index is 12.5. The standard InChI is InChI=1S/C16H19N3O2S/c17-9-11-19(10-8-12-4-2-1-3-5-12)16(21)14-7-6-13(22-14)15(18)20/h1-7H,8-11,17H2,(H2,18,20). The van der Waals surface area contributed by atoms with E-state index in [0.29, 0.717) is 29.4 Å². The largest absolute Gasteiger partial charge is 0.365 e. The molecule has 22 heavy (non-hydrogen) atoms. The van der Waals surface area contributed by atoms with Crippen molar-refractivity contribution in [3.63, 3.8) is 0 Å². The lowest BCUT2D eigenvalue weighted by Gasteiger charge is -2.21. The summed E-state index contributed by atoms with van der Waals surface area (Å²) in [5.41, 5.74) is 12.0. The maximum absolute atomic E-state index is 12.5. The van der Waals surface area contributed by atoms with Crippen molar-refractivity contribution in [2.75, 3.05) is 19.6 Å². The van der Waals surface area contributed by atoms with E-state index in [-0.39, 0.29) is 5.91 Å². The van der Waals surface area contributed by atoms with Gasteiger partial charge in [-0.2, -0.15) is 0 Å². The van der Waals surface area contributed by atoms with Crippen molar-refractivity contribution in [3.05, 3.63) is 57.8 Å². The number of hydrogen-bond acceptors (Lipinski definition) is 4. The number of hydrogen-bond donors (Lipinski definition) is 2. The number of benzene rings is 1. The highest BCUT2D eigenvalue weighted by molar-refractivity contribution is 7.15. The van der Waals surface area contributed by atoms with E-state index in [2.05, 4.69) is 0 Å². The molecular formula is C16H19N3O2S. The fourth-order valence-electron chi connectivity index (χ4n) is 2.12. The molecule has 1 aromatic heterocycles. The van der Waals surface area contributed by atoms with E-state index in [4.69, 9.17) is 11.5 Å². The smallest absolute Gasteiger partial charge is 0.263 e. The lowest BCUT2D eigenvalue weighted by molar-refractivity contribution is 0.0767. The topological polar surface area (TPSA) is 89.4 Å². The first kappa shape index (κ1) is 16.2. The highest BCUT2D eigenvalue weighted by Gasteiger charge is 2.18. The minimum atomic E-state index is -0.515. The van der Waals surface area contributed by atoms with E-state index >= 15 is 0 Å². The van der Waals surface area contributed by atoms with Crippen molar-refractivity contribution in [2.24, 2.45) is 11.5 Å². The molecule has 0 fully saturated rings. The van der Waals surface area contributed by atoms with Crippen molar-refractivity contribution in [1.29, 1.82) is 0 Å². The van der Waals surface area contributed by atoms with Crippen LogP contribution in [0.3, 0.4) is 0 Å². The summed E-state index contributed by atoms with van der Waals surface area (Å²) < 4.78 is 0. The summed E-state index contributed by atoms with van der Waals surface area (Å²) in [6.07, 6.45) is 0.765. The van der Waals surface area contributed by atoms with Gasteiger partial charge in [0.2, 0.25) is 0 Å². The summed E-state index contributed by atoms with van der Waals surface area (Å²) in [5.74, 6) is -0.627. The molecule has 1 aromatic carbocycles. The number of nitrogens with two attached hydrogens (primary N) is 2. The Morgan fingerprint density at radius 2 is 1.68 bits per heavy atom. The second-order valence-electron chi connectivity index (χ2n) is 4.84. The molecule has 0 unspecified atom stereocenters. The molecule has 2 amide bonds. The Bertz CT molecular complexity index is 640. The Kier molecular flexibility index (Phi) is 5.68. The van der Waals surface area contributed by atoms with Gasteiger partial charge in [-0.25, -0.2) is 0 Å². The van der Waals surface area contributed by atoms with Gasteiger partial charge in [0, 0.05) is 19.6 Å². The average Bonchev–Trinajstić information content (AvgIpc) is 3.02. The molecule has 0 saturated carbocycles. The molecule has 116 valence electrons. The SMILES string of the molecule is NCCN(CCc1ccccc1)C(=O)c1ccc(C(N)=O)s1. The molecule has 0 atom stereocenters. The average molecular weight is 317 g/mol. The second kappa shape index (κ2) is 7.72. The molecule has 0 saturated heterocycles. The fourth-order valence-corrected chi connectivity index (χ4v) is 2.95. The van der Waals surface area contributed by atoms with Crippen molar-refractivity contribution < 1.29 is 9.59 Å². The van der Waals surface area contributed by atoms with E-state index in [9.17, 15) is 9.59 Å². The number of carbonyl (C=O) groups excluding carboxylic acids is 2. The second-order valence-corrected chi connectivity index (χ2v) is 5.93. The first-order valence-corrected chi connectivity index (χ1v) is 7.86. The van der Waals surface area contributed by atoms with Crippen LogP contribution >= 0.6 is 11.3 Å². The van der Waals surface area contributed by atoms with Gasteiger partial charge in [0.15, 0.2) is 0 Å². The number of rotatable bonds is 7. The van der Waals surface area contributed by atoms with Crippen LogP contribution in [-0.4, -0.2) is 36.3 Å². The normalized spacial score (nSPS) is 10.4. The molecule has 2 rings (SSSR count). The molecule has 1 heterocycles. The van der Waals surface area contributed by atoms with Crippen LogP contribution < -0.4 is 11.5 Å². The molecule has 0 aliphatic rings. The molecule has 5 nitrogen and oxygen atoms in total. The van der Waals surface area contributed by atoms with Crippen molar-refractivity contribution >= 4 is 23.2 Å². The lowest BCUT2D eigenvalue weighted by atomic mass is 10.1. The summed E-state index contributed by atoms with van der Waals surface area (Å²) in [6, 6.07) is 13.2. The Hall–Kier alpha value is -2.18. The highest BCUT2D eigenvalue weighted by Crippen LogP contribution is 2.18. The van der Waals surface area contributed by atoms with Crippen LogP contribution in [0, 0.1) is 0 Å². The first-order chi connectivity index (χ1) is 10.6. The Morgan fingerprint density at radius 1 is 1.00 bits per heavy atom. The van der Waals surface area contributed by atoms with Gasteiger partial charge in [-0.1, -0.05) is 30.3 Å². The van der Waals surface area contributed by atoms with Crippen LogP contribution in [0.25, 0.3) is 0 Å². The number of thiophene rings is 1. The third-order valence-corrected chi connectivity index (χ3v) is 4.35. The van der Waals surface area contributed by atoms with Crippen LogP contribution in [0.5, 0.6) is 0 Å². The van der Waals surface area contributed by atoms with E-state index in [1.165, 1.54) is 5.56 Å². The lowest BCUT2D eigenvalue weighted by Crippen LogP contribution is -2.36. The molecule has 0 aliphatic heterocycles. The van der Waals surface area contributed by atoms with Gasteiger partial charge in [-0.15, -0.1) is 11.3 Å². The Labute approximate surface area is 133 Å². The molecule has 6 heteroatoms. The van der Waals surface area contributed by atoms with Crippen molar-refractivity contribution in [2.45, 2.75) is 6.42 Å². The zero-order chi connectivity index (χ0) is 15.9. The highest BCUT2D eigenvalue weighted by atomic mass is 32.1. The van der Waals surface area contributed by atoms with Gasteiger partial charge in [0.05, 0.1) is 9.75 Å². The molecule has 0 aliphatic carbocycles. The minimum Gasteiger partial charge on any atom is -0.365 e. The van der Waals surface area contributed by atoms with Gasteiger partial charge in [-0.05, 0) is 24.1 Å². The van der Waals surface area contributed by atoms with E-state index in [0.717, 1.165) is 17.8 Å². The molecule has 2 aromatic rings. The third kappa shape index (κ3) is 4.16. The van der Waals surface area contributed by atoms with E-state index in [1.807, 2.05) is 30.3 Å².